The lowest BCUT2D eigenvalue weighted by Gasteiger charge is -2.27. The van der Waals surface area contributed by atoms with Gasteiger partial charge < -0.3 is 4.90 Å². The highest BCUT2D eigenvalue weighted by molar-refractivity contribution is 5.82. The van der Waals surface area contributed by atoms with Crippen molar-refractivity contribution in [1.29, 1.82) is 0 Å². The number of unbranched alkanes of at least 4 members (excludes halogenated alkanes) is 12. The number of nitrogens with zero attached hydrogens (tertiary/aromatic N) is 2. The largest absolute Gasteiger partial charge is 0.360 e. The first-order chi connectivity index (χ1) is 13.3. The lowest BCUT2D eigenvalue weighted by atomic mass is 10.1. The fraction of sp³-hybridized carbons (Fsp3) is 0.960. The van der Waals surface area contributed by atoms with Crippen LogP contribution in [0.4, 0.5) is 0 Å². The molecule has 0 rings (SSSR count). The normalized spacial score (nSPS) is 11.9. The average Bonchev–Trinajstić information content (AvgIpc) is 2.68. The molecule has 2 heteroatoms. The molecule has 0 saturated heterocycles. The van der Waals surface area contributed by atoms with Gasteiger partial charge in [0.2, 0.25) is 0 Å². The van der Waals surface area contributed by atoms with Gasteiger partial charge in [-0.3, -0.25) is 4.99 Å². The van der Waals surface area contributed by atoms with Crippen LogP contribution in [0.5, 0.6) is 0 Å². The molecule has 0 fully saturated rings. The number of amidine groups is 1. The molecule has 0 bridgehead atoms. The molecular weight excluding hydrogens is 328 g/mol. The van der Waals surface area contributed by atoms with Crippen LogP contribution in [0.25, 0.3) is 0 Å². The number of hydrogen-bond donors (Lipinski definition) is 0. The van der Waals surface area contributed by atoms with Gasteiger partial charge >= 0.3 is 0 Å². The molecule has 0 saturated carbocycles. The van der Waals surface area contributed by atoms with Gasteiger partial charge in [0.1, 0.15) is 0 Å². The minimum absolute atomic E-state index is 1.05. The Bertz CT molecular complexity index is 299. The van der Waals surface area contributed by atoms with Crippen LogP contribution in [0.15, 0.2) is 4.99 Å². The van der Waals surface area contributed by atoms with Crippen LogP contribution in [0.3, 0.4) is 0 Å². The van der Waals surface area contributed by atoms with E-state index in [4.69, 9.17) is 4.99 Å². The molecule has 0 radical (unpaired) electrons. The molecule has 0 aliphatic rings. The molecule has 0 heterocycles. The molecule has 0 atom stereocenters. The van der Waals surface area contributed by atoms with Crippen LogP contribution in [-0.4, -0.2) is 30.4 Å². The van der Waals surface area contributed by atoms with Crippen LogP contribution in [0.2, 0.25) is 0 Å². The summed E-state index contributed by atoms with van der Waals surface area (Å²) >= 11 is 0. The Hall–Kier alpha value is -0.530. The summed E-state index contributed by atoms with van der Waals surface area (Å²) in [5, 5.41) is 0. The maximum atomic E-state index is 5.13. The highest BCUT2D eigenvalue weighted by Crippen LogP contribution is 2.12. The highest BCUT2D eigenvalue weighted by atomic mass is 15.2. The van der Waals surface area contributed by atoms with Gasteiger partial charge in [-0.05, 0) is 25.7 Å². The second-order valence-electron chi connectivity index (χ2n) is 8.28. The van der Waals surface area contributed by atoms with Gasteiger partial charge in [0.15, 0.2) is 0 Å². The van der Waals surface area contributed by atoms with Crippen molar-refractivity contribution in [2.75, 3.05) is 19.6 Å². The summed E-state index contributed by atoms with van der Waals surface area (Å²) in [5.41, 5.74) is 0. The van der Waals surface area contributed by atoms with E-state index in [1.807, 2.05) is 0 Å². The summed E-state index contributed by atoms with van der Waals surface area (Å²) in [6.45, 7) is 12.7. The third kappa shape index (κ3) is 17.3. The Labute approximate surface area is 172 Å². The van der Waals surface area contributed by atoms with Crippen molar-refractivity contribution in [3.63, 3.8) is 0 Å². The fourth-order valence-corrected chi connectivity index (χ4v) is 3.62. The first-order valence-electron chi connectivity index (χ1n) is 12.6. The van der Waals surface area contributed by atoms with Crippen molar-refractivity contribution >= 4 is 5.84 Å². The minimum Gasteiger partial charge on any atom is -0.360 e. The van der Waals surface area contributed by atoms with Gasteiger partial charge in [-0.1, -0.05) is 105 Å². The SMILES string of the molecule is CCCCCCN=C(CCCCCC)N(CCCCCC)CCCCCC. The highest BCUT2D eigenvalue weighted by Gasteiger charge is 2.11. The summed E-state index contributed by atoms with van der Waals surface area (Å²) < 4.78 is 0. The maximum Gasteiger partial charge on any atom is 0.0988 e. The molecule has 0 aromatic carbocycles. The van der Waals surface area contributed by atoms with Gasteiger partial charge in [-0.2, -0.15) is 0 Å². The van der Waals surface area contributed by atoms with Crippen molar-refractivity contribution in [1.82, 2.24) is 4.90 Å². The summed E-state index contributed by atoms with van der Waals surface area (Å²) in [6.07, 6.45) is 22.7. The van der Waals surface area contributed by atoms with E-state index in [0.717, 1.165) is 6.54 Å². The van der Waals surface area contributed by atoms with Gasteiger partial charge in [-0.25, -0.2) is 0 Å². The molecule has 0 N–H and O–H groups in total. The Morgan fingerprint density at radius 1 is 0.519 bits per heavy atom. The summed E-state index contributed by atoms with van der Waals surface area (Å²) in [7, 11) is 0. The first kappa shape index (κ1) is 26.5. The second-order valence-corrected chi connectivity index (χ2v) is 8.28. The third-order valence-electron chi connectivity index (χ3n) is 5.49. The molecule has 0 aromatic rings. The summed E-state index contributed by atoms with van der Waals surface area (Å²) in [4.78, 5) is 7.81. The van der Waals surface area contributed by atoms with E-state index in [9.17, 15) is 0 Å². The second kappa shape index (κ2) is 21.8. The van der Waals surface area contributed by atoms with Crippen molar-refractivity contribution in [3.05, 3.63) is 0 Å². The molecule has 27 heavy (non-hydrogen) atoms. The summed E-state index contributed by atoms with van der Waals surface area (Å²) in [6, 6.07) is 0. The zero-order valence-corrected chi connectivity index (χ0v) is 19.5. The van der Waals surface area contributed by atoms with Crippen LogP contribution in [0, 0.1) is 0 Å². The van der Waals surface area contributed by atoms with E-state index >= 15 is 0 Å². The zero-order valence-electron chi connectivity index (χ0n) is 19.5. The Morgan fingerprint density at radius 3 is 1.44 bits per heavy atom. The molecule has 0 aromatic heterocycles. The molecule has 0 aliphatic heterocycles. The number of aliphatic imine (C=N–C) groups is 1. The van der Waals surface area contributed by atoms with Crippen molar-refractivity contribution in [2.45, 2.75) is 137 Å². The van der Waals surface area contributed by atoms with Crippen LogP contribution >= 0.6 is 0 Å². The van der Waals surface area contributed by atoms with Gasteiger partial charge in [0, 0.05) is 26.1 Å². The summed E-state index contributed by atoms with van der Waals surface area (Å²) in [5.74, 6) is 1.44. The zero-order chi connectivity index (χ0) is 20.0. The lowest BCUT2D eigenvalue weighted by Crippen LogP contribution is -2.33. The number of hydrogen-bond acceptors (Lipinski definition) is 1. The van der Waals surface area contributed by atoms with Gasteiger partial charge in [0.25, 0.3) is 0 Å². The van der Waals surface area contributed by atoms with E-state index in [1.54, 1.807) is 0 Å². The topological polar surface area (TPSA) is 15.6 Å². The Kier molecular flexibility index (Phi) is 21.3. The van der Waals surface area contributed by atoms with Crippen molar-refractivity contribution < 1.29 is 0 Å². The average molecular weight is 381 g/mol. The quantitative estimate of drug-likeness (QED) is 0.118. The van der Waals surface area contributed by atoms with E-state index in [0.29, 0.717) is 0 Å². The number of rotatable bonds is 20. The lowest BCUT2D eigenvalue weighted by molar-refractivity contribution is 0.376. The minimum atomic E-state index is 1.05. The molecule has 0 amide bonds. The Balaban J connectivity index is 4.70. The smallest absolute Gasteiger partial charge is 0.0988 e. The standard InChI is InChI=1S/C25H52N2/c1-5-9-13-17-21-25(26-22-18-14-10-6-2)27(23-19-15-11-7-3)24-20-16-12-8-4/h5-24H2,1-4H3. The first-order valence-corrected chi connectivity index (χ1v) is 12.6. The molecule has 0 spiro atoms. The van der Waals surface area contributed by atoms with E-state index in [2.05, 4.69) is 32.6 Å². The van der Waals surface area contributed by atoms with E-state index in [-0.39, 0.29) is 0 Å². The predicted molar refractivity (Wildman–Crippen MR) is 125 cm³/mol. The molecule has 0 unspecified atom stereocenters. The van der Waals surface area contributed by atoms with Gasteiger partial charge in [0.05, 0.1) is 5.84 Å². The maximum absolute atomic E-state index is 5.13. The van der Waals surface area contributed by atoms with Gasteiger partial charge in [-0.15, -0.1) is 0 Å². The monoisotopic (exact) mass is 380 g/mol. The van der Waals surface area contributed by atoms with Crippen molar-refractivity contribution in [2.24, 2.45) is 4.99 Å². The molecule has 2 nitrogen and oxygen atoms in total. The fourth-order valence-electron chi connectivity index (χ4n) is 3.62. The van der Waals surface area contributed by atoms with E-state index < -0.39 is 0 Å². The van der Waals surface area contributed by atoms with Crippen LogP contribution in [0.1, 0.15) is 137 Å². The Morgan fingerprint density at radius 2 is 0.963 bits per heavy atom. The van der Waals surface area contributed by atoms with E-state index in [1.165, 1.54) is 128 Å². The molecular formula is C25H52N2. The van der Waals surface area contributed by atoms with Crippen LogP contribution in [-0.2, 0) is 0 Å². The molecule has 0 aliphatic carbocycles. The third-order valence-corrected chi connectivity index (χ3v) is 5.49. The predicted octanol–water partition coefficient (Wildman–Crippen LogP) is 8.40. The van der Waals surface area contributed by atoms with Crippen LogP contribution < -0.4 is 0 Å². The van der Waals surface area contributed by atoms with Crippen molar-refractivity contribution in [3.8, 4) is 0 Å². The molecule has 162 valence electrons.